The maximum absolute atomic E-state index is 11.8. The van der Waals surface area contributed by atoms with Gasteiger partial charge < -0.3 is 15.7 Å². The van der Waals surface area contributed by atoms with Crippen LogP contribution < -0.4 is 5.73 Å². The predicted molar refractivity (Wildman–Crippen MR) is 71.4 cm³/mol. The first-order chi connectivity index (χ1) is 9.11. The van der Waals surface area contributed by atoms with Gasteiger partial charge in [0.15, 0.2) is 0 Å². The second-order valence-electron chi connectivity index (χ2n) is 4.57. The summed E-state index contributed by atoms with van der Waals surface area (Å²) >= 11 is 0. The molecule has 1 aliphatic heterocycles. The van der Waals surface area contributed by atoms with Crippen molar-refractivity contribution in [3.8, 4) is 0 Å². The van der Waals surface area contributed by atoms with Gasteiger partial charge in [-0.1, -0.05) is 12.8 Å². The summed E-state index contributed by atoms with van der Waals surface area (Å²) < 4.78 is 0. The Morgan fingerprint density at radius 1 is 1.05 bits per heavy atom. The van der Waals surface area contributed by atoms with Gasteiger partial charge in [0, 0.05) is 25.9 Å². The van der Waals surface area contributed by atoms with Crippen LogP contribution in [0.1, 0.15) is 51.4 Å². The Morgan fingerprint density at radius 3 is 2.00 bits per heavy atom. The van der Waals surface area contributed by atoms with E-state index in [1.165, 1.54) is 12.8 Å². The molecule has 0 atom stereocenters. The van der Waals surface area contributed by atoms with Crippen LogP contribution in [-0.4, -0.2) is 41.4 Å². The Kier molecular flexibility index (Phi) is 10.5. The molecule has 1 aliphatic rings. The minimum Gasteiger partial charge on any atom is -0.483 e. The lowest BCUT2D eigenvalue weighted by atomic mass is 10.1. The van der Waals surface area contributed by atoms with E-state index in [0.29, 0.717) is 12.8 Å². The molecule has 1 fully saturated rings. The second-order valence-corrected chi connectivity index (χ2v) is 4.57. The molecule has 1 heterocycles. The third kappa shape index (κ3) is 10.1. The van der Waals surface area contributed by atoms with Gasteiger partial charge in [0.05, 0.1) is 0 Å². The molecule has 0 aromatic carbocycles. The summed E-state index contributed by atoms with van der Waals surface area (Å²) in [6.45, 7) is 1.57. The van der Waals surface area contributed by atoms with Gasteiger partial charge in [-0.25, -0.2) is 0 Å². The Bertz CT molecular complexity index is 274. The first-order valence-corrected chi connectivity index (χ1v) is 6.75. The number of hydrogen-bond acceptors (Lipinski definition) is 3. The molecular weight excluding hydrogens is 248 g/mol. The number of carboxylic acid groups (broad SMARTS) is 1. The molecule has 19 heavy (non-hydrogen) atoms. The largest absolute Gasteiger partial charge is 0.483 e. The van der Waals surface area contributed by atoms with Gasteiger partial charge >= 0.3 is 0 Å². The first kappa shape index (κ1) is 17.4. The first-order valence-electron chi connectivity index (χ1n) is 6.75. The summed E-state index contributed by atoms with van der Waals surface area (Å²) in [6.07, 6.45) is 7.21. The number of carbonyl (C=O) groups is 3. The van der Waals surface area contributed by atoms with E-state index in [2.05, 4.69) is 0 Å². The summed E-state index contributed by atoms with van der Waals surface area (Å²) in [4.78, 5) is 32.7. The van der Waals surface area contributed by atoms with Crippen molar-refractivity contribution in [1.29, 1.82) is 0 Å². The molecule has 6 heteroatoms. The fourth-order valence-corrected chi connectivity index (χ4v) is 2.05. The molecule has 0 radical (unpaired) electrons. The van der Waals surface area contributed by atoms with E-state index in [0.717, 1.165) is 38.8 Å². The number of carbonyl (C=O) groups excluding carboxylic acids is 2. The Hall–Kier alpha value is -1.59. The van der Waals surface area contributed by atoms with Crippen molar-refractivity contribution in [2.24, 2.45) is 5.73 Å². The molecule has 0 bridgehead atoms. The lowest BCUT2D eigenvalue weighted by molar-refractivity contribution is -0.131. The van der Waals surface area contributed by atoms with Crippen molar-refractivity contribution < 1.29 is 19.5 Å². The van der Waals surface area contributed by atoms with Crippen LogP contribution in [0.4, 0.5) is 0 Å². The van der Waals surface area contributed by atoms with E-state index < -0.39 is 0 Å². The zero-order valence-electron chi connectivity index (χ0n) is 11.3. The van der Waals surface area contributed by atoms with Gasteiger partial charge in [0.2, 0.25) is 11.8 Å². The lowest BCUT2D eigenvalue weighted by Gasteiger charge is -2.20. The summed E-state index contributed by atoms with van der Waals surface area (Å²) in [5.41, 5.74) is 5.04. The van der Waals surface area contributed by atoms with Crippen LogP contribution in [0, 0.1) is 0 Å². The molecule has 0 aromatic rings. The van der Waals surface area contributed by atoms with Crippen molar-refractivity contribution in [2.75, 3.05) is 13.1 Å². The van der Waals surface area contributed by atoms with Crippen molar-refractivity contribution in [3.05, 3.63) is 0 Å². The minimum absolute atomic E-state index is 0.242. The van der Waals surface area contributed by atoms with Gasteiger partial charge in [-0.3, -0.25) is 14.4 Å². The quantitative estimate of drug-likeness (QED) is 0.578. The Balaban J connectivity index is 0.000000982. The summed E-state index contributed by atoms with van der Waals surface area (Å²) in [5.74, 6) is -0.0337. The summed E-state index contributed by atoms with van der Waals surface area (Å²) in [5, 5.41) is 6.89. The Morgan fingerprint density at radius 2 is 1.53 bits per heavy atom. The van der Waals surface area contributed by atoms with Gasteiger partial charge in [-0.15, -0.1) is 0 Å². The second kappa shape index (κ2) is 11.5. The summed E-state index contributed by atoms with van der Waals surface area (Å²) in [7, 11) is 0. The van der Waals surface area contributed by atoms with Gasteiger partial charge in [0.1, 0.15) is 0 Å². The van der Waals surface area contributed by atoms with Crippen LogP contribution in [-0.2, 0) is 14.4 Å². The fraction of sp³-hybridized carbons (Fsp3) is 0.769. The number of rotatable bonds is 5. The third-order valence-electron chi connectivity index (χ3n) is 3.02. The third-order valence-corrected chi connectivity index (χ3v) is 3.02. The number of hydrogen-bond donors (Lipinski definition) is 2. The zero-order chi connectivity index (χ0) is 14.5. The SMILES string of the molecule is NC(=O)CCCCC(=O)N1CCCCCC1.O=CO. The molecule has 0 spiro atoms. The van der Waals surface area contributed by atoms with Crippen molar-refractivity contribution in [2.45, 2.75) is 51.4 Å². The van der Waals surface area contributed by atoms with Gasteiger partial charge in [-0.2, -0.15) is 0 Å². The highest BCUT2D eigenvalue weighted by atomic mass is 16.3. The highest BCUT2D eigenvalue weighted by Crippen LogP contribution is 2.12. The molecular formula is C13H24N2O4. The number of amides is 2. The van der Waals surface area contributed by atoms with E-state index in [1.807, 2.05) is 4.90 Å². The minimum atomic E-state index is -0.276. The van der Waals surface area contributed by atoms with E-state index in [9.17, 15) is 9.59 Å². The van der Waals surface area contributed by atoms with Crippen molar-refractivity contribution >= 4 is 18.3 Å². The van der Waals surface area contributed by atoms with Crippen LogP contribution in [0.15, 0.2) is 0 Å². The molecule has 3 N–H and O–H groups in total. The molecule has 0 aliphatic carbocycles. The molecule has 110 valence electrons. The molecule has 1 rings (SSSR count). The van der Waals surface area contributed by atoms with Crippen LogP contribution in [0.5, 0.6) is 0 Å². The Labute approximate surface area is 113 Å². The zero-order valence-corrected chi connectivity index (χ0v) is 11.3. The molecule has 0 unspecified atom stereocenters. The number of nitrogens with zero attached hydrogens (tertiary/aromatic N) is 1. The van der Waals surface area contributed by atoms with Gasteiger partial charge in [0.25, 0.3) is 6.47 Å². The topological polar surface area (TPSA) is 101 Å². The van der Waals surface area contributed by atoms with Crippen LogP contribution in [0.3, 0.4) is 0 Å². The molecule has 0 saturated carbocycles. The summed E-state index contributed by atoms with van der Waals surface area (Å²) in [6, 6.07) is 0. The van der Waals surface area contributed by atoms with E-state index in [1.54, 1.807) is 0 Å². The maximum Gasteiger partial charge on any atom is 0.290 e. The average Bonchev–Trinajstić information content (AvgIpc) is 2.64. The van der Waals surface area contributed by atoms with E-state index in [-0.39, 0.29) is 18.3 Å². The predicted octanol–water partition coefficient (Wildman–Crippen LogP) is 1.14. The van der Waals surface area contributed by atoms with Gasteiger partial charge in [-0.05, 0) is 25.7 Å². The van der Waals surface area contributed by atoms with Crippen molar-refractivity contribution in [1.82, 2.24) is 4.90 Å². The average molecular weight is 272 g/mol. The van der Waals surface area contributed by atoms with E-state index in [4.69, 9.17) is 15.6 Å². The maximum atomic E-state index is 11.8. The standard InChI is InChI=1S/C12H22N2O2.CH2O2/c13-11(15)7-3-4-8-12(16)14-9-5-1-2-6-10-14;2-1-3/h1-10H2,(H2,13,15);1H,(H,2,3). The number of nitrogens with two attached hydrogens (primary N) is 1. The smallest absolute Gasteiger partial charge is 0.290 e. The fourth-order valence-electron chi connectivity index (χ4n) is 2.05. The molecule has 0 aromatic heterocycles. The molecule has 2 amide bonds. The van der Waals surface area contributed by atoms with E-state index >= 15 is 0 Å². The molecule has 6 nitrogen and oxygen atoms in total. The number of primary amides is 1. The molecule has 1 saturated heterocycles. The van der Waals surface area contributed by atoms with Crippen molar-refractivity contribution in [3.63, 3.8) is 0 Å². The highest BCUT2D eigenvalue weighted by Gasteiger charge is 2.14. The van der Waals surface area contributed by atoms with Crippen LogP contribution in [0.2, 0.25) is 0 Å². The highest BCUT2D eigenvalue weighted by molar-refractivity contribution is 5.76. The normalized spacial score (nSPS) is 14.8. The van der Waals surface area contributed by atoms with Crippen LogP contribution >= 0.6 is 0 Å². The van der Waals surface area contributed by atoms with Crippen LogP contribution in [0.25, 0.3) is 0 Å². The monoisotopic (exact) mass is 272 g/mol. The number of likely N-dealkylation sites (tertiary alicyclic amines) is 1. The number of unbranched alkanes of at least 4 members (excludes halogenated alkanes) is 1. The lowest BCUT2D eigenvalue weighted by Crippen LogP contribution is -2.31.